The number of thiophene rings is 1. The van der Waals surface area contributed by atoms with E-state index < -0.39 is 5.97 Å². The molecule has 1 heterocycles. The van der Waals surface area contributed by atoms with Crippen LogP contribution in [0.15, 0.2) is 64.4 Å². The number of methoxy groups -OCH3 is 1. The van der Waals surface area contributed by atoms with Gasteiger partial charge in [-0.05, 0) is 62.8 Å². The summed E-state index contributed by atoms with van der Waals surface area (Å²) in [5.41, 5.74) is 1.74. The monoisotopic (exact) mass is 513 g/mol. The van der Waals surface area contributed by atoms with Crippen molar-refractivity contribution in [2.45, 2.75) is 30.6 Å². The number of hydrogen-bond donors (Lipinski definition) is 2. The number of ether oxygens (including phenoxy) is 1. The molecule has 0 unspecified atom stereocenters. The van der Waals surface area contributed by atoms with Gasteiger partial charge >= 0.3 is 5.97 Å². The molecule has 6 nitrogen and oxygen atoms in total. The van der Waals surface area contributed by atoms with Crippen molar-refractivity contribution < 1.29 is 14.3 Å². The number of rotatable bonds is 8. The van der Waals surface area contributed by atoms with Crippen molar-refractivity contribution in [3.63, 3.8) is 0 Å². The van der Waals surface area contributed by atoms with Crippen LogP contribution in [-0.4, -0.2) is 42.1 Å². The Labute approximate surface area is 213 Å². The summed E-state index contributed by atoms with van der Waals surface area (Å²) in [7, 11) is 1.32. The van der Waals surface area contributed by atoms with Gasteiger partial charge in [0.25, 0.3) is 5.91 Å². The molecule has 0 fully saturated rings. The highest BCUT2D eigenvalue weighted by molar-refractivity contribution is 7.99. The van der Waals surface area contributed by atoms with Crippen LogP contribution in [0.5, 0.6) is 0 Å². The minimum atomic E-state index is -0.516. The summed E-state index contributed by atoms with van der Waals surface area (Å²) >= 11 is 8.40. The molecule has 2 aromatic carbocycles. The molecule has 0 bridgehead atoms. The Bertz CT molecular complexity index is 1170. The van der Waals surface area contributed by atoms with Crippen molar-refractivity contribution in [1.82, 2.24) is 4.90 Å². The molecule has 34 heavy (non-hydrogen) atoms. The lowest BCUT2D eigenvalue weighted by Gasteiger charge is -2.18. The molecule has 0 aliphatic carbocycles. The predicted octanol–water partition coefficient (Wildman–Crippen LogP) is 6.29. The van der Waals surface area contributed by atoms with E-state index in [1.54, 1.807) is 23.6 Å². The third-order valence-electron chi connectivity index (χ3n) is 5.11. The van der Waals surface area contributed by atoms with E-state index in [0.717, 1.165) is 15.5 Å². The van der Waals surface area contributed by atoms with Crippen LogP contribution >= 0.6 is 35.3 Å². The summed E-state index contributed by atoms with van der Waals surface area (Å²) in [6, 6.07) is 17.9. The van der Waals surface area contributed by atoms with Gasteiger partial charge in [0, 0.05) is 22.9 Å². The number of thiocarbonyl (C=S) groups is 1. The van der Waals surface area contributed by atoms with Crippen LogP contribution in [0.3, 0.4) is 0 Å². The number of anilines is 2. The van der Waals surface area contributed by atoms with Crippen LogP contribution in [0, 0.1) is 6.92 Å². The molecule has 3 rings (SSSR count). The van der Waals surface area contributed by atoms with E-state index in [1.165, 1.54) is 18.4 Å². The maximum atomic E-state index is 13.0. The number of para-hydroxylation sites is 1. The molecule has 2 N–H and O–H groups in total. The standard InChI is InChI=1S/C25H27N3O3S3/c1-5-28(6-2)23(29)21-16(3)20(24(30)31-4)22(34-21)27-25(32)26-18-14-10-11-15-19(18)33-17-12-8-7-9-13-17/h7-15H,5-6H2,1-4H3,(H2,26,27,32). The fourth-order valence-corrected chi connectivity index (χ4v) is 5.71. The molecule has 0 aliphatic heterocycles. The summed E-state index contributed by atoms with van der Waals surface area (Å²) in [6.07, 6.45) is 0. The third-order valence-corrected chi connectivity index (χ3v) is 7.60. The predicted molar refractivity (Wildman–Crippen MR) is 144 cm³/mol. The minimum Gasteiger partial charge on any atom is -0.465 e. The van der Waals surface area contributed by atoms with Gasteiger partial charge in [-0.25, -0.2) is 4.79 Å². The van der Waals surface area contributed by atoms with Crippen LogP contribution in [0.2, 0.25) is 0 Å². The number of carbonyl (C=O) groups is 2. The van der Waals surface area contributed by atoms with Gasteiger partial charge in [0.05, 0.1) is 23.2 Å². The van der Waals surface area contributed by atoms with E-state index in [-0.39, 0.29) is 5.91 Å². The smallest absolute Gasteiger partial charge is 0.341 e. The summed E-state index contributed by atoms with van der Waals surface area (Å²) in [6.45, 7) is 6.77. The Morgan fingerprint density at radius 3 is 2.32 bits per heavy atom. The van der Waals surface area contributed by atoms with Crippen LogP contribution in [0.25, 0.3) is 0 Å². The molecule has 0 aliphatic rings. The number of hydrogen-bond acceptors (Lipinski definition) is 6. The molecular formula is C25H27N3O3S3. The van der Waals surface area contributed by atoms with Crippen molar-refractivity contribution in [1.29, 1.82) is 0 Å². The van der Waals surface area contributed by atoms with Crippen molar-refractivity contribution >= 4 is 63.0 Å². The number of nitrogens with zero attached hydrogens (tertiary/aromatic N) is 1. The van der Waals surface area contributed by atoms with Gasteiger partial charge in [-0.15, -0.1) is 11.3 Å². The zero-order valence-electron chi connectivity index (χ0n) is 19.5. The molecule has 9 heteroatoms. The molecule has 0 atom stereocenters. The highest BCUT2D eigenvalue weighted by Crippen LogP contribution is 2.36. The van der Waals surface area contributed by atoms with Gasteiger partial charge in [-0.2, -0.15) is 0 Å². The lowest BCUT2D eigenvalue weighted by molar-refractivity contribution is 0.0601. The number of benzene rings is 2. The SMILES string of the molecule is CCN(CC)C(=O)c1sc(NC(=S)Nc2ccccc2Sc2ccccc2)c(C(=O)OC)c1C. The van der Waals surface area contributed by atoms with E-state index in [0.29, 0.717) is 39.2 Å². The first-order chi connectivity index (χ1) is 16.4. The summed E-state index contributed by atoms with van der Waals surface area (Å²) in [5, 5.41) is 7.13. The Kier molecular flexibility index (Phi) is 9.09. The Morgan fingerprint density at radius 1 is 1.03 bits per heavy atom. The topological polar surface area (TPSA) is 70.7 Å². The molecule has 0 saturated carbocycles. The average molecular weight is 514 g/mol. The first kappa shape index (κ1) is 25.7. The molecule has 0 spiro atoms. The maximum absolute atomic E-state index is 13.0. The second kappa shape index (κ2) is 12.0. The lowest BCUT2D eigenvalue weighted by Crippen LogP contribution is -2.30. The van der Waals surface area contributed by atoms with Crippen molar-refractivity contribution in [3.05, 3.63) is 70.6 Å². The van der Waals surface area contributed by atoms with Gasteiger partial charge in [-0.3, -0.25) is 4.79 Å². The van der Waals surface area contributed by atoms with E-state index in [9.17, 15) is 9.59 Å². The van der Waals surface area contributed by atoms with Gasteiger partial charge in [0.2, 0.25) is 0 Å². The van der Waals surface area contributed by atoms with Gasteiger partial charge in [0.1, 0.15) is 5.00 Å². The first-order valence-electron chi connectivity index (χ1n) is 10.8. The number of esters is 1. The lowest BCUT2D eigenvalue weighted by atomic mass is 10.1. The largest absolute Gasteiger partial charge is 0.465 e. The number of nitrogens with one attached hydrogen (secondary N) is 2. The molecule has 3 aromatic rings. The zero-order valence-corrected chi connectivity index (χ0v) is 22.0. The van der Waals surface area contributed by atoms with E-state index in [1.807, 2.05) is 68.4 Å². The Balaban J connectivity index is 1.86. The van der Waals surface area contributed by atoms with Crippen molar-refractivity contribution in [2.24, 2.45) is 0 Å². The normalized spacial score (nSPS) is 10.5. The summed E-state index contributed by atoms with van der Waals surface area (Å²) in [5.74, 6) is -0.633. The third kappa shape index (κ3) is 5.97. The second-order valence-corrected chi connectivity index (χ2v) is 9.76. The fraction of sp³-hybridized carbons (Fsp3) is 0.240. The molecule has 0 radical (unpaired) electrons. The molecule has 1 aromatic heterocycles. The van der Waals surface area contributed by atoms with Crippen LogP contribution < -0.4 is 10.6 Å². The maximum Gasteiger partial charge on any atom is 0.341 e. The summed E-state index contributed by atoms with van der Waals surface area (Å²) < 4.78 is 4.99. The van der Waals surface area contributed by atoms with Gasteiger partial charge in [-0.1, -0.05) is 42.1 Å². The molecular weight excluding hydrogens is 486 g/mol. The van der Waals surface area contributed by atoms with E-state index >= 15 is 0 Å². The van der Waals surface area contributed by atoms with E-state index in [4.69, 9.17) is 17.0 Å². The molecule has 0 saturated heterocycles. The number of carbonyl (C=O) groups excluding carboxylic acids is 2. The average Bonchev–Trinajstić information content (AvgIpc) is 3.16. The minimum absolute atomic E-state index is 0.116. The highest BCUT2D eigenvalue weighted by atomic mass is 32.2. The number of amides is 1. The Hall–Kier alpha value is -2.88. The zero-order chi connectivity index (χ0) is 24.7. The van der Waals surface area contributed by atoms with Gasteiger partial charge < -0.3 is 20.3 Å². The van der Waals surface area contributed by atoms with Gasteiger partial charge in [0.15, 0.2) is 5.11 Å². The van der Waals surface area contributed by atoms with E-state index in [2.05, 4.69) is 10.6 Å². The highest BCUT2D eigenvalue weighted by Gasteiger charge is 2.27. The van der Waals surface area contributed by atoms with Crippen LogP contribution in [-0.2, 0) is 4.74 Å². The fourth-order valence-electron chi connectivity index (χ4n) is 3.34. The summed E-state index contributed by atoms with van der Waals surface area (Å²) in [4.78, 5) is 29.9. The first-order valence-corrected chi connectivity index (χ1v) is 12.8. The van der Waals surface area contributed by atoms with Crippen molar-refractivity contribution in [3.8, 4) is 0 Å². The van der Waals surface area contributed by atoms with Crippen molar-refractivity contribution in [2.75, 3.05) is 30.8 Å². The van der Waals surface area contributed by atoms with Crippen LogP contribution in [0.1, 0.15) is 39.4 Å². The Morgan fingerprint density at radius 2 is 1.68 bits per heavy atom. The quantitative estimate of drug-likeness (QED) is 0.271. The second-order valence-electron chi connectivity index (χ2n) is 7.22. The molecule has 178 valence electrons. The molecule has 1 amide bonds. The van der Waals surface area contributed by atoms with Crippen LogP contribution in [0.4, 0.5) is 10.7 Å².